The molecule has 0 saturated carbocycles. The van der Waals surface area contributed by atoms with Gasteiger partial charge in [0.2, 0.25) is 5.43 Å². The lowest BCUT2D eigenvalue weighted by Gasteiger charge is -2.43. The first-order valence-electron chi connectivity index (χ1n) is 11.6. The van der Waals surface area contributed by atoms with Crippen molar-refractivity contribution < 1.29 is 64.6 Å². The second-order valence-electron chi connectivity index (χ2n) is 9.39. The molecule has 3 aromatic rings. The summed E-state index contributed by atoms with van der Waals surface area (Å²) in [5, 5.41) is 92.3. The van der Waals surface area contributed by atoms with E-state index in [4.69, 9.17) is 18.6 Å². The van der Waals surface area contributed by atoms with Crippen molar-refractivity contribution in [2.45, 2.75) is 48.5 Å². The summed E-state index contributed by atoms with van der Waals surface area (Å²) in [5.74, 6) is -1.75. The summed E-state index contributed by atoms with van der Waals surface area (Å²) < 4.78 is 22.1. The van der Waals surface area contributed by atoms with E-state index < -0.39 is 96.2 Å². The van der Waals surface area contributed by atoms with Crippen LogP contribution in [0.3, 0.4) is 0 Å². The Kier molecular flexibility index (Phi) is 6.71. The number of hydrogen-bond donors (Lipinski definition) is 9. The normalized spacial score (nSPS) is 33.8. The van der Waals surface area contributed by atoms with E-state index in [9.17, 15) is 50.8 Å². The summed E-state index contributed by atoms with van der Waals surface area (Å²) in [4.78, 5) is 13.2. The van der Waals surface area contributed by atoms with Crippen LogP contribution in [0.2, 0.25) is 0 Å². The summed E-state index contributed by atoms with van der Waals surface area (Å²) in [7, 11) is 0. The molecule has 2 fully saturated rings. The van der Waals surface area contributed by atoms with Gasteiger partial charge in [0.1, 0.15) is 76.0 Å². The Balaban J connectivity index is 1.64. The third-order valence-corrected chi connectivity index (χ3v) is 6.96. The number of phenols is 3. The SMILES string of the molecule is O=c1c2cc(O)ccc2oc2cc(O)c([C@H]3O[C@@H](CO)[C@H](O)[C@@H](O)[C@@H]3O[C@H]3OC[C@@](O)(CO)[C@@H]3O)c(O)c12. The number of fused-ring (bicyclic) bond motifs is 2. The van der Waals surface area contributed by atoms with Crippen LogP contribution in [0.5, 0.6) is 17.2 Å². The molecule has 9 N–H and O–H groups in total. The van der Waals surface area contributed by atoms with Gasteiger partial charge in [-0.3, -0.25) is 4.79 Å². The molecule has 0 amide bonds. The molecular formula is C24H26O14. The lowest BCUT2D eigenvalue weighted by Crippen LogP contribution is -2.58. The number of ether oxygens (including phenoxy) is 3. The number of aromatic hydroxyl groups is 3. The van der Waals surface area contributed by atoms with Gasteiger partial charge in [0, 0.05) is 6.07 Å². The van der Waals surface area contributed by atoms with E-state index in [1.165, 1.54) is 12.1 Å². The van der Waals surface area contributed by atoms with Crippen LogP contribution < -0.4 is 5.43 Å². The molecule has 14 heteroatoms. The van der Waals surface area contributed by atoms with Gasteiger partial charge in [-0.25, -0.2) is 0 Å². The van der Waals surface area contributed by atoms with E-state index in [2.05, 4.69) is 0 Å². The highest BCUT2D eigenvalue weighted by Gasteiger charge is 2.53. The molecule has 0 unspecified atom stereocenters. The van der Waals surface area contributed by atoms with Gasteiger partial charge < -0.3 is 64.6 Å². The molecule has 206 valence electrons. The van der Waals surface area contributed by atoms with E-state index >= 15 is 0 Å². The fraction of sp³-hybridized carbons (Fsp3) is 0.458. The molecule has 0 spiro atoms. The van der Waals surface area contributed by atoms with Crippen LogP contribution in [0.4, 0.5) is 0 Å². The van der Waals surface area contributed by atoms with E-state index in [1.54, 1.807) is 0 Å². The Labute approximate surface area is 212 Å². The lowest BCUT2D eigenvalue weighted by molar-refractivity contribution is -0.287. The Hall–Kier alpha value is -3.05. The van der Waals surface area contributed by atoms with Crippen LogP contribution in [-0.4, -0.2) is 108 Å². The van der Waals surface area contributed by atoms with Crippen molar-refractivity contribution in [3.63, 3.8) is 0 Å². The van der Waals surface area contributed by atoms with Crippen molar-refractivity contribution in [1.29, 1.82) is 0 Å². The van der Waals surface area contributed by atoms with Crippen LogP contribution in [0.15, 0.2) is 33.5 Å². The molecule has 0 radical (unpaired) electrons. The first-order chi connectivity index (χ1) is 18.0. The van der Waals surface area contributed by atoms with E-state index in [0.29, 0.717) is 0 Å². The molecule has 0 bridgehead atoms. The van der Waals surface area contributed by atoms with Crippen LogP contribution in [0, 0.1) is 0 Å². The minimum absolute atomic E-state index is 0.0598. The Morgan fingerprint density at radius 2 is 1.76 bits per heavy atom. The zero-order valence-corrected chi connectivity index (χ0v) is 19.5. The number of phenolic OH excluding ortho intramolecular Hbond substituents is 3. The lowest BCUT2D eigenvalue weighted by atomic mass is 9.89. The highest BCUT2D eigenvalue weighted by Crippen LogP contribution is 2.46. The van der Waals surface area contributed by atoms with Gasteiger partial charge in [0.25, 0.3) is 0 Å². The highest BCUT2D eigenvalue weighted by molar-refractivity contribution is 5.95. The average molecular weight is 538 g/mol. The van der Waals surface area contributed by atoms with Crippen LogP contribution in [0.25, 0.3) is 21.9 Å². The monoisotopic (exact) mass is 538 g/mol. The number of aliphatic hydroxyl groups is 6. The fourth-order valence-electron chi connectivity index (χ4n) is 4.80. The van der Waals surface area contributed by atoms with Crippen LogP contribution in [-0.2, 0) is 14.2 Å². The molecule has 0 aliphatic carbocycles. The Morgan fingerprint density at radius 3 is 2.42 bits per heavy atom. The van der Waals surface area contributed by atoms with E-state index in [1.807, 2.05) is 0 Å². The zero-order valence-electron chi connectivity index (χ0n) is 19.5. The predicted molar refractivity (Wildman–Crippen MR) is 124 cm³/mol. The third kappa shape index (κ3) is 4.07. The fourth-order valence-corrected chi connectivity index (χ4v) is 4.80. The first-order valence-corrected chi connectivity index (χ1v) is 11.6. The van der Waals surface area contributed by atoms with Gasteiger partial charge in [-0.1, -0.05) is 0 Å². The smallest absolute Gasteiger partial charge is 0.204 e. The average Bonchev–Trinajstić information content (AvgIpc) is 3.17. The minimum Gasteiger partial charge on any atom is -0.508 e. The molecule has 1 aromatic heterocycles. The maximum atomic E-state index is 13.2. The number of hydrogen-bond acceptors (Lipinski definition) is 14. The standard InChI is InChI=1S/C24H26O14/c25-5-13-17(30)19(32)21(38-23-22(33)24(34,6-26)7-35-23)20(37-13)14-10(28)4-12-15(18(14)31)16(29)9-3-8(27)1-2-11(9)36-12/h1-4,13,17,19-23,25-28,30-34H,5-7H2/t13-,17-,19+,20+,21-,22+,23+,24-/m0/s1. The van der Waals surface area contributed by atoms with Crippen LogP contribution in [0.1, 0.15) is 11.7 Å². The summed E-state index contributed by atoms with van der Waals surface area (Å²) in [6.07, 6.45) is -11.9. The van der Waals surface area contributed by atoms with Crippen molar-refractivity contribution in [1.82, 2.24) is 0 Å². The van der Waals surface area contributed by atoms with Gasteiger partial charge in [-0.2, -0.15) is 0 Å². The summed E-state index contributed by atoms with van der Waals surface area (Å²) in [5.41, 5.74) is -3.51. The van der Waals surface area contributed by atoms with Crippen molar-refractivity contribution >= 4 is 21.9 Å². The topological polar surface area (TPSA) is 240 Å². The molecule has 2 saturated heterocycles. The van der Waals surface area contributed by atoms with Gasteiger partial charge in [0.05, 0.1) is 30.8 Å². The molecule has 5 rings (SSSR count). The molecule has 8 atom stereocenters. The maximum absolute atomic E-state index is 13.2. The minimum atomic E-state index is -2.09. The van der Waals surface area contributed by atoms with Gasteiger partial charge in [-0.05, 0) is 18.2 Å². The molecule has 14 nitrogen and oxygen atoms in total. The number of benzene rings is 2. The largest absolute Gasteiger partial charge is 0.508 e. The number of rotatable bonds is 5. The zero-order chi connectivity index (χ0) is 27.5. The summed E-state index contributed by atoms with van der Waals surface area (Å²) in [6.45, 7) is -2.23. The Morgan fingerprint density at radius 1 is 1.03 bits per heavy atom. The van der Waals surface area contributed by atoms with Crippen molar-refractivity contribution in [2.75, 3.05) is 19.8 Å². The molecule has 2 aromatic carbocycles. The second kappa shape index (κ2) is 9.60. The maximum Gasteiger partial charge on any atom is 0.204 e. The number of aliphatic hydroxyl groups excluding tert-OH is 5. The quantitative estimate of drug-likeness (QED) is 0.160. The van der Waals surface area contributed by atoms with Crippen molar-refractivity contribution in [3.8, 4) is 17.2 Å². The molecule has 38 heavy (non-hydrogen) atoms. The predicted octanol–water partition coefficient (Wildman–Crippen LogP) is -1.96. The molecule has 3 heterocycles. The molecule has 2 aliphatic rings. The molecule has 2 aliphatic heterocycles. The summed E-state index contributed by atoms with van der Waals surface area (Å²) in [6, 6.07) is 4.74. The highest BCUT2D eigenvalue weighted by atomic mass is 16.7. The first kappa shape index (κ1) is 26.6. The van der Waals surface area contributed by atoms with Crippen LogP contribution >= 0.6 is 0 Å². The van der Waals surface area contributed by atoms with Crippen molar-refractivity contribution in [3.05, 3.63) is 40.1 Å². The van der Waals surface area contributed by atoms with Gasteiger partial charge >= 0.3 is 0 Å². The van der Waals surface area contributed by atoms with E-state index in [0.717, 1.165) is 12.1 Å². The summed E-state index contributed by atoms with van der Waals surface area (Å²) >= 11 is 0. The third-order valence-electron chi connectivity index (χ3n) is 6.96. The molecular weight excluding hydrogens is 512 g/mol. The van der Waals surface area contributed by atoms with E-state index in [-0.39, 0.29) is 22.3 Å². The second-order valence-corrected chi connectivity index (χ2v) is 9.39. The van der Waals surface area contributed by atoms with Gasteiger partial charge in [-0.15, -0.1) is 0 Å². The Bertz CT molecular complexity index is 1420. The van der Waals surface area contributed by atoms with Gasteiger partial charge in [0.15, 0.2) is 6.29 Å². The van der Waals surface area contributed by atoms with Crippen molar-refractivity contribution in [2.24, 2.45) is 0 Å².